The van der Waals surface area contributed by atoms with Gasteiger partial charge in [-0.05, 0) is 55.8 Å². The summed E-state index contributed by atoms with van der Waals surface area (Å²) in [6.45, 7) is 4.28. The van der Waals surface area contributed by atoms with Crippen molar-refractivity contribution in [1.29, 1.82) is 0 Å². The van der Waals surface area contributed by atoms with Crippen LogP contribution in [0.15, 0.2) is 18.2 Å². The number of rotatable bonds is 3. The number of nitrogens with zero attached hydrogens (tertiary/aromatic N) is 2. The van der Waals surface area contributed by atoms with Crippen LogP contribution in [0.5, 0.6) is 0 Å². The predicted molar refractivity (Wildman–Crippen MR) is 105 cm³/mol. The number of hydrogen-bond acceptors (Lipinski definition) is 4. The van der Waals surface area contributed by atoms with E-state index in [4.69, 9.17) is 10.5 Å². The topological polar surface area (TPSA) is 58.8 Å². The minimum absolute atomic E-state index is 0.209. The Labute approximate surface area is 167 Å². The fraction of sp³-hybridized carbons (Fsp3) is 0.700. The third-order valence-electron chi connectivity index (χ3n) is 6.80. The molecule has 4 rings (SSSR count). The fourth-order valence-electron chi connectivity index (χ4n) is 5.06. The number of benzene rings is 1. The summed E-state index contributed by atoms with van der Waals surface area (Å²) in [6, 6.07) is 3.28. The smallest absolute Gasteiger partial charge is 0.129 e. The molecule has 4 atom stereocenters. The molecule has 0 bridgehead atoms. The van der Waals surface area contributed by atoms with Gasteiger partial charge in [0.2, 0.25) is 0 Å². The fourth-order valence-corrected chi connectivity index (χ4v) is 5.76. The molecule has 0 radical (unpaired) electrons. The minimum Gasteiger partial charge on any atom is -0.370 e. The lowest BCUT2D eigenvalue weighted by atomic mass is 9.78. The Kier molecular flexibility index (Phi) is 5.86. The molecule has 28 heavy (non-hydrogen) atoms. The van der Waals surface area contributed by atoms with Gasteiger partial charge in [0.1, 0.15) is 17.7 Å². The molecule has 0 amide bonds. The van der Waals surface area contributed by atoms with Crippen LogP contribution in [0.3, 0.4) is 0 Å². The van der Waals surface area contributed by atoms with Crippen LogP contribution in [0.4, 0.5) is 8.78 Å². The number of halogens is 2. The van der Waals surface area contributed by atoms with E-state index in [0.717, 1.165) is 57.6 Å². The number of nitrogens with two attached hydrogens (primary N) is 1. The standard InChI is InChI=1S/C20H29F2N3O2S/c1-28(26)25-8-5-20(6-9-25)4-7-24(13-20)15-11-18(23)19(27-12-15)16-10-14(21)2-3-17(16)22/h2-3,10,15,18-19H,4-9,11-13,23H2,1H3/t15-,18+,19-,28?/m1/s1. The molecule has 3 fully saturated rings. The van der Waals surface area contributed by atoms with Crippen molar-refractivity contribution in [1.82, 2.24) is 9.21 Å². The van der Waals surface area contributed by atoms with Crippen molar-refractivity contribution in [2.75, 3.05) is 39.0 Å². The second kappa shape index (κ2) is 8.07. The summed E-state index contributed by atoms with van der Waals surface area (Å²) in [5.74, 6) is -0.948. The summed E-state index contributed by atoms with van der Waals surface area (Å²) in [4.78, 5) is 2.45. The highest BCUT2D eigenvalue weighted by Gasteiger charge is 2.44. The Morgan fingerprint density at radius 1 is 1.21 bits per heavy atom. The van der Waals surface area contributed by atoms with Gasteiger partial charge < -0.3 is 10.5 Å². The van der Waals surface area contributed by atoms with Gasteiger partial charge in [-0.25, -0.2) is 17.3 Å². The zero-order chi connectivity index (χ0) is 19.9. The lowest BCUT2D eigenvalue weighted by Gasteiger charge is -2.41. The molecule has 3 aliphatic heterocycles. The van der Waals surface area contributed by atoms with Crippen LogP contribution in [0.1, 0.15) is 37.4 Å². The summed E-state index contributed by atoms with van der Waals surface area (Å²) < 4.78 is 47.3. The molecule has 5 nitrogen and oxygen atoms in total. The normalized spacial score (nSPS) is 32.6. The maximum Gasteiger partial charge on any atom is 0.129 e. The zero-order valence-electron chi connectivity index (χ0n) is 16.3. The lowest BCUT2D eigenvalue weighted by molar-refractivity contribution is -0.0497. The highest BCUT2D eigenvalue weighted by Crippen LogP contribution is 2.42. The van der Waals surface area contributed by atoms with Gasteiger partial charge in [-0.15, -0.1) is 0 Å². The predicted octanol–water partition coefficient (Wildman–Crippen LogP) is 2.20. The van der Waals surface area contributed by atoms with E-state index in [-0.39, 0.29) is 17.6 Å². The molecule has 1 unspecified atom stereocenters. The Morgan fingerprint density at radius 2 is 1.93 bits per heavy atom. The molecule has 2 N–H and O–H groups in total. The van der Waals surface area contributed by atoms with E-state index in [0.29, 0.717) is 18.4 Å². The van der Waals surface area contributed by atoms with Crippen molar-refractivity contribution < 1.29 is 17.7 Å². The molecule has 3 saturated heterocycles. The largest absolute Gasteiger partial charge is 0.370 e. The van der Waals surface area contributed by atoms with Gasteiger partial charge in [0.25, 0.3) is 0 Å². The maximum absolute atomic E-state index is 14.1. The molecule has 3 heterocycles. The van der Waals surface area contributed by atoms with Crippen LogP contribution >= 0.6 is 0 Å². The molecule has 1 aromatic rings. The van der Waals surface area contributed by atoms with Crippen molar-refractivity contribution in [3.63, 3.8) is 0 Å². The molecular formula is C20H29F2N3O2S. The van der Waals surface area contributed by atoms with Crippen LogP contribution in [0.25, 0.3) is 0 Å². The third-order valence-corrected chi connectivity index (χ3v) is 7.89. The van der Waals surface area contributed by atoms with E-state index in [1.165, 1.54) is 6.07 Å². The van der Waals surface area contributed by atoms with Crippen LogP contribution in [0.2, 0.25) is 0 Å². The van der Waals surface area contributed by atoms with E-state index in [9.17, 15) is 13.0 Å². The Bertz CT molecular complexity index is 742. The highest BCUT2D eigenvalue weighted by atomic mass is 32.2. The van der Waals surface area contributed by atoms with Crippen molar-refractivity contribution in [3.8, 4) is 0 Å². The first-order chi connectivity index (χ1) is 13.4. The number of hydrogen-bond donors (Lipinski definition) is 1. The van der Waals surface area contributed by atoms with E-state index in [2.05, 4.69) is 4.90 Å². The van der Waals surface area contributed by atoms with Crippen LogP contribution in [-0.2, 0) is 15.7 Å². The molecule has 156 valence electrons. The average Bonchev–Trinajstić information content (AvgIpc) is 3.08. The van der Waals surface area contributed by atoms with Crippen molar-refractivity contribution in [2.24, 2.45) is 11.1 Å². The first kappa shape index (κ1) is 20.3. The summed E-state index contributed by atoms with van der Waals surface area (Å²) in [6.07, 6.45) is 5.13. The minimum atomic E-state index is -0.887. The molecule has 0 saturated carbocycles. The van der Waals surface area contributed by atoms with Gasteiger partial charge in [-0.1, -0.05) is 0 Å². The van der Waals surface area contributed by atoms with Gasteiger partial charge in [-0.2, -0.15) is 0 Å². The summed E-state index contributed by atoms with van der Waals surface area (Å²) in [5, 5.41) is 0. The van der Waals surface area contributed by atoms with Crippen LogP contribution < -0.4 is 5.73 Å². The van der Waals surface area contributed by atoms with Gasteiger partial charge in [0.05, 0.1) is 17.6 Å². The van der Waals surface area contributed by atoms with Gasteiger partial charge in [0, 0.05) is 43.5 Å². The molecule has 3 aliphatic rings. The molecule has 0 aliphatic carbocycles. The van der Waals surface area contributed by atoms with Gasteiger partial charge in [0.15, 0.2) is 0 Å². The second-order valence-electron chi connectivity index (χ2n) is 8.55. The molecule has 1 spiro atoms. The maximum atomic E-state index is 14.1. The third kappa shape index (κ3) is 4.03. The van der Waals surface area contributed by atoms with Crippen LogP contribution in [-0.4, -0.2) is 64.5 Å². The van der Waals surface area contributed by atoms with E-state index >= 15 is 0 Å². The van der Waals surface area contributed by atoms with Gasteiger partial charge in [-0.3, -0.25) is 4.90 Å². The first-order valence-corrected chi connectivity index (χ1v) is 11.5. The van der Waals surface area contributed by atoms with Gasteiger partial charge >= 0.3 is 0 Å². The van der Waals surface area contributed by atoms with E-state index in [1.807, 2.05) is 4.31 Å². The quantitative estimate of drug-likeness (QED) is 0.826. The lowest BCUT2D eigenvalue weighted by Crippen LogP contribution is -2.50. The highest BCUT2D eigenvalue weighted by molar-refractivity contribution is 7.81. The number of piperidine rings is 1. The summed E-state index contributed by atoms with van der Waals surface area (Å²) in [5.41, 5.74) is 6.84. The van der Waals surface area contributed by atoms with Crippen molar-refractivity contribution in [2.45, 2.75) is 43.9 Å². The molecule has 0 aromatic heterocycles. The first-order valence-electron chi connectivity index (χ1n) is 10.0. The Morgan fingerprint density at radius 3 is 2.61 bits per heavy atom. The summed E-state index contributed by atoms with van der Waals surface area (Å²) >= 11 is 0. The Balaban J connectivity index is 1.36. The number of ether oxygens (including phenoxy) is 1. The Hall–Kier alpha value is -0.930. The molecule has 8 heteroatoms. The second-order valence-corrected chi connectivity index (χ2v) is 9.91. The molecular weight excluding hydrogens is 384 g/mol. The summed E-state index contributed by atoms with van der Waals surface area (Å²) in [7, 11) is -0.887. The van der Waals surface area contributed by atoms with E-state index < -0.39 is 28.7 Å². The SMILES string of the molecule is CS(=O)N1CCC2(CCN([C@H]3CO[C@H](c4cc(F)ccc4F)[C@@H](N)C3)C2)CC1. The van der Waals surface area contributed by atoms with E-state index in [1.54, 1.807) is 6.26 Å². The number of likely N-dealkylation sites (tertiary alicyclic amines) is 1. The monoisotopic (exact) mass is 413 g/mol. The van der Waals surface area contributed by atoms with Crippen molar-refractivity contribution in [3.05, 3.63) is 35.4 Å². The van der Waals surface area contributed by atoms with Crippen molar-refractivity contribution >= 4 is 11.0 Å². The average molecular weight is 414 g/mol. The van der Waals surface area contributed by atoms with Crippen LogP contribution in [0, 0.1) is 17.0 Å². The molecule has 1 aromatic carbocycles. The zero-order valence-corrected chi connectivity index (χ0v) is 17.1.